The Morgan fingerprint density at radius 2 is 2.21 bits per heavy atom. The number of methoxy groups -OCH3 is 1. The second-order valence-electron chi connectivity index (χ2n) is 4.95. The van der Waals surface area contributed by atoms with Gasteiger partial charge in [-0.2, -0.15) is 0 Å². The maximum absolute atomic E-state index is 5.74. The summed E-state index contributed by atoms with van der Waals surface area (Å²) in [6, 6.07) is 0. The Morgan fingerprint density at radius 1 is 1.42 bits per heavy atom. The van der Waals surface area contributed by atoms with Crippen molar-refractivity contribution in [3.05, 3.63) is 36.1 Å². The van der Waals surface area contributed by atoms with Gasteiger partial charge < -0.3 is 14.4 Å². The SMILES string of the molecule is C=C(/C=C\C/C(C)=C\C)N1CCC(OCCOC)C1. The summed E-state index contributed by atoms with van der Waals surface area (Å²) in [5.41, 5.74) is 2.47. The quantitative estimate of drug-likeness (QED) is 0.382. The number of hydrogen-bond acceptors (Lipinski definition) is 3. The summed E-state index contributed by atoms with van der Waals surface area (Å²) in [5, 5.41) is 0. The van der Waals surface area contributed by atoms with Crippen molar-refractivity contribution in [2.24, 2.45) is 0 Å². The predicted octanol–water partition coefficient (Wildman–Crippen LogP) is 3.15. The molecule has 1 fully saturated rings. The van der Waals surface area contributed by atoms with Crippen LogP contribution in [0.15, 0.2) is 36.1 Å². The second-order valence-corrected chi connectivity index (χ2v) is 4.95. The Labute approximate surface area is 117 Å². The molecule has 0 amide bonds. The smallest absolute Gasteiger partial charge is 0.0767 e. The van der Waals surface area contributed by atoms with Crippen molar-refractivity contribution in [1.82, 2.24) is 4.90 Å². The molecule has 19 heavy (non-hydrogen) atoms. The van der Waals surface area contributed by atoms with Gasteiger partial charge in [0.25, 0.3) is 0 Å². The van der Waals surface area contributed by atoms with E-state index in [4.69, 9.17) is 9.47 Å². The zero-order valence-electron chi connectivity index (χ0n) is 12.5. The highest BCUT2D eigenvalue weighted by molar-refractivity contribution is 5.17. The van der Waals surface area contributed by atoms with Crippen LogP contribution in [0.2, 0.25) is 0 Å². The van der Waals surface area contributed by atoms with Crippen molar-refractivity contribution in [3.63, 3.8) is 0 Å². The van der Waals surface area contributed by atoms with Crippen molar-refractivity contribution in [3.8, 4) is 0 Å². The Kier molecular flexibility index (Phi) is 7.53. The van der Waals surface area contributed by atoms with Crippen LogP contribution in [0, 0.1) is 0 Å². The van der Waals surface area contributed by atoms with E-state index < -0.39 is 0 Å². The maximum atomic E-state index is 5.74. The van der Waals surface area contributed by atoms with Gasteiger partial charge in [-0.25, -0.2) is 0 Å². The first-order valence-corrected chi connectivity index (χ1v) is 7.00. The lowest BCUT2D eigenvalue weighted by atomic mass is 10.2. The standard InChI is InChI=1S/C16H27NO2/c1-5-14(2)7-6-8-15(3)17-10-9-16(13-17)19-12-11-18-4/h5-6,8,16H,3,7,9-13H2,1-2,4H3/b8-6-,14-5-. The van der Waals surface area contributed by atoms with Gasteiger partial charge in [-0.1, -0.05) is 24.3 Å². The minimum atomic E-state index is 0.317. The van der Waals surface area contributed by atoms with E-state index >= 15 is 0 Å². The molecule has 1 atom stereocenters. The molecule has 1 aliphatic heterocycles. The number of nitrogens with zero attached hydrogens (tertiary/aromatic N) is 1. The van der Waals surface area contributed by atoms with Crippen LogP contribution in [0.4, 0.5) is 0 Å². The molecular formula is C16H27NO2. The first-order valence-electron chi connectivity index (χ1n) is 7.00. The van der Waals surface area contributed by atoms with Crippen LogP contribution in [-0.2, 0) is 9.47 Å². The molecule has 0 bridgehead atoms. The molecule has 1 saturated heterocycles. The normalized spacial score (nSPS) is 20.5. The third kappa shape index (κ3) is 6.08. The van der Waals surface area contributed by atoms with E-state index in [1.165, 1.54) is 5.57 Å². The largest absolute Gasteiger partial charge is 0.382 e. The summed E-state index contributed by atoms with van der Waals surface area (Å²) in [6.07, 6.45) is 8.82. The van der Waals surface area contributed by atoms with Crippen molar-refractivity contribution in [1.29, 1.82) is 0 Å². The topological polar surface area (TPSA) is 21.7 Å². The highest BCUT2D eigenvalue weighted by Gasteiger charge is 2.22. The maximum Gasteiger partial charge on any atom is 0.0767 e. The lowest BCUT2D eigenvalue weighted by Crippen LogP contribution is -2.22. The fraction of sp³-hybridized carbons (Fsp3) is 0.625. The van der Waals surface area contributed by atoms with Crippen LogP contribution in [0.3, 0.4) is 0 Å². The van der Waals surface area contributed by atoms with E-state index in [0.717, 1.165) is 31.6 Å². The summed E-state index contributed by atoms with van der Waals surface area (Å²) >= 11 is 0. The van der Waals surface area contributed by atoms with E-state index in [1.807, 2.05) is 0 Å². The molecule has 3 nitrogen and oxygen atoms in total. The van der Waals surface area contributed by atoms with Gasteiger partial charge in [0, 0.05) is 25.9 Å². The van der Waals surface area contributed by atoms with E-state index in [9.17, 15) is 0 Å². The second kappa shape index (κ2) is 8.94. The van der Waals surface area contributed by atoms with Gasteiger partial charge in [-0.3, -0.25) is 0 Å². The molecule has 1 heterocycles. The van der Waals surface area contributed by atoms with Gasteiger partial charge in [-0.15, -0.1) is 0 Å². The van der Waals surface area contributed by atoms with Crippen molar-refractivity contribution >= 4 is 0 Å². The molecule has 0 aromatic heterocycles. The van der Waals surface area contributed by atoms with Crippen molar-refractivity contribution < 1.29 is 9.47 Å². The number of hydrogen-bond donors (Lipinski definition) is 0. The summed E-state index contributed by atoms with van der Waals surface area (Å²) in [4.78, 5) is 2.29. The molecule has 1 unspecified atom stereocenters. The van der Waals surface area contributed by atoms with Crippen LogP contribution in [0.25, 0.3) is 0 Å². The first-order chi connectivity index (χ1) is 9.17. The fourth-order valence-corrected chi connectivity index (χ4v) is 2.03. The number of rotatable bonds is 8. The average Bonchev–Trinajstić information content (AvgIpc) is 2.87. The number of ether oxygens (including phenoxy) is 2. The molecule has 0 radical (unpaired) electrons. The third-order valence-electron chi connectivity index (χ3n) is 3.44. The van der Waals surface area contributed by atoms with E-state index in [2.05, 4.69) is 43.6 Å². The van der Waals surface area contributed by atoms with E-state index in [0.29, 0.717) is 19.3 Å². The Morgan fingerprint density at radius 3 is 2.89 bits per heavy atom. The molecule has 0 aromatic rings. The average molecular weight is 265 g/mol. The van der Waals surface area contributed by atoms with Gasteiger partial charge in [0.15, 0.2) is 0 Å². The Bertz CT molecular complexity index is 334. The van der Waals surface area contributed by atoms with Crippen molar-refractivity contribution in [2.45, 2.75) is 32.8 Å². The summed E-state index contributed by atoms with van der Waals surface area (Å²) < 4.78 is 10.7. The molecule has 1 aliphatic rings. The summed E-state index contributed by atoms with van der Waals surface area (Å²) in [7, 11) is 1.70. The van der Waals surface area contributed by atoms with Gasteiger partial charge in [-0.05, 0) is 32.8 Å². The van der Waals surface area contributed by atoms with Gasteiger partial charge in [0.05, 0.1) is 19.3 Å². The molecular weight excluding hydrogens is 238 g/mol. The highest BCUT2D eigenvalue weighted by atomic mass is 16.5. The summed E-state index contributed by atoms with van der Waals surface area (Å²) in [6.45, 7) is 11.7. The monoisotopic (exact) mass is 265 g/mol. The molecule has 0 spiro atoms. The zero-order chi connectivity index (χ0) is 14.1. The molecule has 0 aliphatic carbocycles. The van der Waals surface area contributed by atoms with Crippen molar-refractivity contribution in [2.75, 3.05) is 33.4 Å². The zero-order valence-corrected chi connectivity index (χ0v) is 12.5. The lowest BCUT2D eigenvalue weighted by molar-refractivity contribution is 0.0237. The molecule has 108 valence electrons. The molecule has 1 rings (SSSR count). The van der Waals surface area contributed by atoms with Crippen LogP contribution in [0.1, 0.15) is 26.7 Å². The predicted molar refractivity (Wildman–Crippen MR) is 80.1 cm³/mol. The Hall–Kier alpha value is -1.06. The molecule has 0 aromatic carbocycles. The Balaban J connectivity index is 2.27. The first kappa shape index (κ1) is 16.0. The summed E-state index contributed by atoms with van der Waals surface area (Å²) in [5.74, 6) is 0. The number of allylic oxidation sites excluding steroid dienone is 4. The lowest BCUT2D eigenvalue weighted by Gasteiger charge is -2.18. The molecule has 0 N–H and O–H groups in total. The van der Waals surface area contributed by atoms with Gasteiger partial charge in [0.2, 0.25) is 0 Å². The fourth-order valence-electron chi connectivity index (χ4n) is 2.03. The minimum absolute atomic E-state index is 0.317. The van der Waals surface area contributed by atoms with Gasteiger partial charge in [0.1, 0.15) is 0 Å². The molecule has 3 heteroatoms. The van der Waals surface area contributed by atoms with Crippen LogP contribution >= 0.6 is 0 Å². The highest BCUT2D eigenvalue weighted by Crippen LogP contribution is 2.18. The van der Waals surface area contributed by atoms with Crippen LogP contribution in [0.5, 0.6) is 0 Å². The van der Waals surface area contributed by atoms with E-state index in [-0.39, 0.29) is 0 Å². The van der Waals surface area contributed by atoms with Crippen LogP contribution < -0.4 is 0 Å². The van der Waals surface area contributed by atoms with Gasteiger partial charge >= 0.3 is 0 Å². The number of likely N-dealkylation sites (tertiary alicyclic amines) is 1. The van der Waals surface area contributed by atoms with E-state index in [1.54, 1.807) is 7.11 Å². The third-order valence-corrected chi connectivity index (χ3v) is 3.44. The van der Waals surface area contributed by atoms with Crippen LogP contribution in [-0.4, -0.2) is 44.4 Å². The molecule has 0 saturated carbocycles. The minimum Gasteiger partial charge on any atom is -0.382 e.